The van der Waals surface area contributed by atoms with Crippen molar-refractivity contribution in [1.29, 1.82) is 0 Å². The average Bonchev–Trinajstić information content (AvgIpc) is 2.59. The smallest absolute Gasteiger partial charge is 0.319 e. The Balaban J connectivity index is 1.73. The number of amides is 2. The lowest BCUT2D eigenvalue weighted by atomic mass is 10.1. The van der Waals surface area contributed by atoms with Gasteiger partial charge in [-0.15, -0.1) is 0 Å². The Morgan fingerprint density at radius 3 is 2.48 bits per heavy atom. The SMILES string of the molecule is O=C(NCCc1ccccc1)Nc1c(Cl)cc(Cl)c2ccc(O)cc12. The quantitative estimate of drug-likeness (QED) is 0.586. The van der Waals surface area contributed by atoms with Crippen molar-refractivity contribution in [1.82, 2.24) is 5.32 Å². The first kappa shape index (κ1) is 17.4. The molecule has 0 radical (unpaired) electrons. The van der Waals surface area contributed by atoms with Crippen LogP contribution in [0.15, 0.2) is 54.6 Å². The van der Waals surface area contributed by atoms with Crippen molar-refractivity contribution in [3.05, 3.63) is 70.2 Å². The average molecular weight is 375 g/mol. The minimum absolute atomic E-state index is 0.0679. The molecule has 0 saturated carbocycles. The number of fused-ring (bicyclic) bond motifs is 1. The highest BCUT2D eigenvalue weighted by molar-refractivity contribution is 6.41. The Morgan fingerprint density at radius 1 is 0.960 bits per heavy atom. The molecule has 0 atom stereocenters. The second kappa shape index (κ2) is 7.64. The third kappa shape index (κ3) is 4.16. The largest absolute Gasteiger partial charge is 0.508 e. The molecule has 6 heteroatoms. The number of carbonyl (C=O) groups excluding carboxylic acids is 1. The van der Waals surface area contributed by atoms with E-state index < -0.39 is 0 Å². The van der Waals surface area contributed by atoms with Crippen LogP contribution < -0.4 is 10.6 Å². The Kier molecular flexibility index (Phi) is 5.31. The zero-order chi connectivity index (χ0) is 17.8. The van der Waals surface area contributed by atoms with Gasteiger partial charge in [0.2, 0.25) is 0 Å². The van der Waals surface area contributed by atoms with Gasteiger partial charge in [0.25, 0.3) is 0 Å². The van der Waals surface area contributed by atoms with Crippen molar-refractivity contribution in [2.24, 2.45) is 0 Å². The van der Waals surface area contributed by atoms with Crippen LogP contribution in [-0.2, 0) is 6.42 Å². The van der Waals surface area contributed by atoms with Gasteiger partial charge in [-0.25, -0.2) is 4.79 Å². The van der Waals surface area contributed by atoms with Crippen LogP contribution in [0.5, 0.6) is 5.75 Å². The number of benzene rings is 3. The molecule has 3 rings (SSSR count). The molecule has 128 valence electrons. The Morgan fingerprint density at radius 2 is 1.72 bits per heavy atom. The molecular formula is C19H16Cl2N2O2. The number of carbonyl (C=O) groups is 1. The zero-order valence-electron chi connectivity index (χ0n) is 13.2. The van der Waals surface area contributed by atoms with Crippen molar-refractivity contribution >= 4 is 45.7 Å². The van der Waals surface area contributed by atoms with Crippen LogP contribution in [0.1, 0.15) is 5.56 Å². The number of nitrogens with one attached hydrogen (secondary N) is 2. The van der Waals surface area contributed by atoms with E-state index in [0.717, 1.165) is 12.0 Å². The summed E-state index contributed by atoms with van der Waals surface area (Å²) in [5.41, 5.74) is 1.55. The van der Waals surface area contributed by atoms with E-state index in [1.807, 2.05) is 30.3 Å². The van der Waals surface area contributed by atoms with Crippen molar-refractivity contribution in [2.75, 3.05) is 11.9 Å². The Labute approximate surface area is 155 Å². The van der Waals surface area contributed by atoms with Crippen molar-refractivity contribution < 1.29 is 9.90 Å². The summed E-state index contributed by atoms with van der Waals surface area (Å²) in [5, 5.41) is 17.3. The topological polar surface area (TPSA) is 61.4 Å². The lowest BCUT2D eigenvalue weighted by molar-refractivity contribution is 0.252. The highest BCUT2D eigenvalue weighted by atomic mass is 35.5. The molecule has 0 aliphatic heterocycles. The second-order valence-corrected chi connectivity index (χ2v) is 6.38. The van der Waals surface area contributed by atoms with E-state index in [1.54, 1.807) is 12.1 Å². The predicted molar refractivity (Wildman–Crippen MR) is 103 cm³/mol. The van der Waals surface area contributed by atoms with E-state index in [9.17, 15) is 9.90 Å². The number of phenolic OH excluding ortho intramolecular Hbond substituents is 1. The lowest BCUT2D eigenvalue weighted by Gasteiger charge is -2.13. The summed E-state index contributed by atoms with van der Waals surface area (Å²) in [7, 11) is 0. The maximum Gasteiger partial charge on any atom is 0.319 e. The second-order valence-electron chi connectivity index (χ2n) is 5.56. The van der Waals surface area contributed by atoms with Crippen molar-refractivity contribution in [3.63, 3.8) is 0 Å². The molecule has 25 heavy (non-hydrogen) atoms. The fraction of sp³-hybridized carbons (Fsp3) is 0.105. The van der Waals surface area contributed by atoms with Crippen molar-refractivity contribution in [3.8, 4) is 5.75 Å². The number of rotatable bonds is 4. The maximum atomic E-state index is 12.2. The number of hydrogen-bond donors (Lipinski definition) is 3. The van der Waals surface area contributed by atoms with E-state index in [1.165, 1.54) is 12.1 Å². The van der Waals surface area contributed by atoms with Gasteiger partial charge in [0.15, 0.2) is 0 Å². The summed E-state index contributed by atoms with van der Waals surface area (Å²) in [6.45, 7) is 0.490. The van der Waals surface area contributed by atoms with E-state index in [0.29, 0.717) is 33.0 Å². The highest BCUT2D eigenvalue weighted by Crippen LogP contribution is 2.37. The van der Waals surface area contributed by atoms with Gasteiger partial charge in [0.1, 0.15) is 5.75 Å². The normalized spacial score (nSPS) is 10.6. The van der Waals surface area contributed by atoms with Gasteiger partial charge < -0.3 is 15.7 Å². The fourth-order valence-electron chi connectivity index (χ4n) is 2.59. The molecule has 0 aromatic heterocycles. The van der Waals surface area contributed by atoms with Gasteiger partial charge >= 0.3 is 6.03 Å². The zero-order valence-corrected chi connectivity index (χ0v) is 14.7. The summed E-state index contributed by atoms with van der Waals surface area (Å²) in [4.78, 5) is 12.2. The minimum atomic E-state index is -0.371. The summed E-state index contributed by atoms with van der Waals surface area (Å²) < 4.78 is 0. The first-order valence-corrected chi connectivity index (χ1v) is 8.49. The third-order valence-electron chi connectivity index (χ3n) is 3.80. The molecule has 0 saturated heterocycles. The molecule has 4 nitrogen and oxygen atoms in total. The van der Waals surface area contributed by atoms with E-state index in [2.05, 4.69) is 10.6 Å². The first-order valence-electron chi connectivity index (χ1n) is 7.74. The molecule has 0 spiro atoms. The predicted octanol–water partition coefficient (Wildman–Crippen LogP) is 5.22. The number of aromatic hydroxyl groups is 1. The summed E-state index contributed by atoms with van der Waals surface area (Å²) in [5.74, 6) is 0.0679. The number of urea groups is 1. The van der Waals surface area contributed by atoms with Gasteiger partial charge in [0.05, 0.1) is 15.7 Å². The summed E-state index contributed by atoms with van der Waals surface area (Å²) >= 11 is 12.4. The van der Waals surface area contributed by atoms with Crippen LogP contribution in [0.2, 0.25) is 10.0 Å². The molecule has 0 heterocycles. The summed E-state index contributed by atoms with van der Waals surface area (Å²) in [6.07, 6.45) is 0.726. The molecule has 3 N–H and O–H groups in total. The highest BCUT2D eigenvalue weighted by Gasteiger charge is 2.13. The summed E-state index contributed by atoms with van der Waals surface area (Å²) in [6, 6.07) is 15.8. The molecule has 3 aromatic rings. The number of anilines is 1. The monoisotopic (exact) mass is 374 g/mol. The van der Waals surface area contributed by atoms with E-state index in [4.69, 9.17) is 23.2 Å². The van der Waals surface area contributed by atoms with Gasteiger partial charge in [-0.1, -0.05) is 53.5 Å². The molecule has 0 aliphatic rings. The Bertz CT molecular complexity index is 914. The van der Waals surface area contributed by atoms with Gasteiger partial charge in [-0.2, -0.15) is 0 Å². The van der Waals surface area contributed by atoms with Gasteiger partial charge in [-0.3, -0.25) is 0 Å². The molecule has 0 aliphatic carbocycles. The lowest BCUT2D eigenvalue weighted by Crippen LogP contribution is -2.30. The molecule has 0 bridgehead atoms. The van der Waals surface area contributed by atoms with Crippen molar-refractivity contribution in [2.45, 2.75) is 6.42 Å². The fourth-order valence-corrected chi connectivity index (χ4v) is 3.17. The minimum Gasteiger partial charge on any atom is -0.508 e. The van der Waals surface area contributed by atoms with E-state index in [-0.39, 0.29) is 11.8 Å². The van der Waals surface area contributed by atoms with Gasteiger partial charge in [-0.05, 0) is 36.2 Å². The third-order valence-corrected chi connectivity index (χ3v) is 4.41. The van der Waals surface area contributed by atoms with Crippen LogP contribution in [0.4, 0.5) is 10.5 Å². The van der Waals surface area contributed by atoms with Crippen LogP contribution in [0.3, 0.4) is 0 Å². The number of hydrogen-bond acceptors (Lipinski definition) is 2. The standard InChI is InChI=1S/C19H16Cl2N2O2/c20-16-11-17(21)18(15-10-13(24)6-7-14(15)16)23-19(25)22-9-8-12-4-2-1-3-5-12/h1-7,10-11,24H,8-9H2,(H2,22,23,25). The van der Waals surface area contributed by atoms with E-state index >= 15 is 0 Å². The maximum absolute atomic E-state index is 12.2. The number of phenols is 1. The van der Waals surface area contributed by atoms with Gasteiger partial charge in [0, 0.05) is 17.3 Å². The van der Waals surface area contributed by atoms with Crippen LogP contribution in [-0.4, -0.2) is 17.7 Å². The Hall–Kier alpha value is -2.43. The molecule has 3 aromatic carbocycles. The number of halogens is 2. The molecule has 2 amide bonds. The molecule has 0 unspecified atom stereocenters. The first-order chi connectivity index (χ1) is 12.0. The van der Waals surface area contributed by atoms with Crippen LogP contribution in [0, 0.1) is 0 Å². The van der Waals surface area contributed by atoms with Crippen LogP contribution in [0.25, 0.3) is 10.8 Å². The molecular weight excluding hydrogens is 359 g/mol. The molecule has 0 fully saturated rings. The van der Waals surface area contributed by atoms with Crippen LogP contribution >= 0.6 is 23.2 Å².